The largest absolute Gasteiger partial charge is 0.398 e. The summed E-state index contributed by atoms with van der Waals surface area (Å²) in [5.74, 6) is -0.0126. The molecule has 1 amide bonds. The first-order valence-corrected chi connectivity index (χ1v) is 7.25. The number of carbonyl (C=O) groups excluding carboxylic acids is 1. The van der Waals surface area contributed by atoms with Crippen LogP contribution in [-0.4, -0.2) is 63.2 Å². The highest BCUT2D eigenvalue weighted by molar-refractivity contribution is 6.00. The molecule has 0 aliphatic carbocycles. The number of methoxy groups -OCH3 is 1. The molecule has 0 unspecified atom stereocenters. The lowest BCUT2D eigenvalue weighted by Gasteiger charge is -2.24. The van der Waals surface area contributed by atoms with Crippen molar-refractivity contribution in [3.05, 3.63) is 29.3 Å². The SMILES string of the molecule is COCCN(CCCN(C)C)C(=O)c1c(C)cccc1N. The van der Waals surface area contributed by atoms with Gasteiger partial charge in [0.1, 0.15) is 0 Å². The summed E-state index contributed by atoms with van der Waals surface area (Å²) in [6, 6.07) is 5.56. The fourth-order valence-electron chi connectivity index (χ4n) is 2.23. The summed E-state index contributed by atoms with van der Waals surface area (Å²) in [5.41, 5.74) is 8.04. The summed E-state index contributed by atoms with van der Waals surface area (Å²) in [6.45, 7) is 4.67. The Kier molecular flexibility index (Phi) is 7.19. The summed E-state index contributed by atoms with van der Waals surface area (Å²) in [6.07, 6.45) is 0.925. The van der Waals surface area contributed by atoms with Crippen LogP contribution in [0.25, 0.3) is 0 Å². The Morgan fingerprint density at radius 3 is 2.52 bits per heavy atom. The third kappa shape index (κ3) is 5.36. The van der Waals surface area contributed by atoms with Crippen molar-refractivity contribution in [1.29, 1.82) is 0 Å². The Morgan fingerprint density at radius 2 is 1.95 bits per heavy atom. The predicted octanol–water partition coefficient (Wildman–Crippen LogP) is 1.62. The van der Waals surface area contributed by atoms with Gasteiger partial charge in [-0.25, -0.2) is 0 Å². The van der Waals surface area contributed by atoms with Gasteiger partial charge >= 0.3 is 0 Å². The van der Waals surface area contributed by atoms with E-state index in [1.54, 1.807) is 13.2 Å². The van der Waals surface area contributed by atoms with E-state index in [0.29, 0.717) is 30.9 Å². The number of nitrogens with two attached hydrogens (primary N) is 1. The summed E-state index contributed by atoms with van der Waals surface area (Å²) in [5, 5.41) is 0. The van der Waals surface area contributed by atoms with Crippen LogP contribution in [0, 0.1) is 6.92 Å². The average molecular weight is 293 g/mol. The number of hydrogen-bond acceptors (Lipinski definition) is 4. The van der Waals surface area contributed by atoms with Crippen LogP contribution in [0.5, 0.6) is 0 Å². The zero-order valence-corrected chi connectivity index (χ0v) is 13.6. The molecule has 0 saturated heterocycles. The molecular weight excluding hydrogens is 266 g/mol. The number of nitrogen functional groups attached to an aromatic ring is 1. The molecule has 0 aromatic heterocycles. The molecule has 0 fully saturated rings. The molecule has 0 spiro atoms. The highest BCUT2D eigenvalue weighted by Crippen LogP contribution is 2.18. The van der Waals surface area contributed by atoms with Gasteiger partial charge in [0.05, 0.1) is 12.2 Å². The van der Waals surface area contributed by atoms with Gasteiger partial charge in [-0.1, -0.05) is 12.1 Å². The van der Waals surface area contributed by atoms with Crippen molar-refractivity contribution < 1.29 is 9.53 Å². The molecule has 2 N–H and O–H groups in total. The van der Waals surface area contributed by atoms with E-state index in [4.69, 9.17) is 10.5 Å². The molecule has 1 aromatic carbocycles. The first kappa shape index (κ1) is 17.5. The number of benzene rings is 1. The number of rotatable bonds is 8. The Bertz CT molecular complexity index is 441. The molecule has 5 heteroatoms. The van der Waals surface area contributed by atoms with Crippen molar-refractivity contribution in [3.8, 4) is 0 Å². The average Bonchev–Trinajstić information content (AvgIpc) is 2.41. The first-order chi connectivity index (χ1) is 9.97. The smallest absolute Gasteiger partial charge is 0.256 e. The molecule has 0 atom stereocenters. The molecule has 0 aliphatic rings. The number of hydrogen-bond donors (Lipinski definition) is 1. The maximum atomic E-state index is 12.7. The molecule has 21 heavy (non-hydrogen) atoms. The molecule has 1 aromatic rings. The van der Waals surface area contributed by atoms with Gasteiger partial charge in [-0.15, -0.1) is 0 Å². The van der Waals surface area contributed by atoms with Crippen LogP contribution in [0.3, 0.4) is 0 Å². The van der Waals surface area contributed by atoms with Crippen LogP contribution >= 0.6 is 0 Å². The van der Waals surface area contributed by atoms with Crippen molar-refractivity contribution in [2.75, 3.05) is 53.2 Å². The van der Waals surface area contributed by atoms with Crippen molar-refractivity contribution in [2.45, 2.75) is 13.3 Å². The zero-order chi connectivity index (χ0) is 15.8. The predicted molar refractivity (Wildman–Crippen MR) is 86.5 cm³/mol. The van der Waals surface area contributed by atoms with Gasteiger partial charge in [0.2, 0.25) is 0 Å². The van der Waals surface area contributed by atoms with Crippen LogP contribution < -0.4 is 5.73 Å². The van der Waals surface area contributed by atoms with E-state index in [-0.39, 0.29) is 5.91 Å². The Morgan fingerprint density at radius 1 is 1.24 bits per heavy atom. The lowest BCUT2D eigenvalue weighted by Crippen LogP contribution is -2.36. The normalized spacial score (nSPS) is 10.9. The molecule has 0 saturated carbocycles. The highest BCUT2D eigenvalue weighted by atomic mass is 16.5. The van der Waals surface area contributed by atoms with Crippen LogP contribution in [0.2, 0.25) is 0 Å². The van der Waals surface area contributed by atoms with E-state index in [9.17, 15) is 4.79 Å². The quantitative estimate of drug-likeness (QED) is 0.740. The Labute approximate surface area is 127 Å². The molecule has 5 nitrogen and oxygen atoms in total. The molecule has 118 valence electrons. The maximum Gasteiger partial charge on any atom is 0.256 e. The molecule has 0 aliphatic heterocycles. The monoisotopic (exact) mass is 293 g/mol. The van der Waals surface area contributed by atoms with Gasteiger partial charge in [0.25, 0.3) is 5.91 Å². The van der Waals surface area contributed by atoms with E-state index in [0.717, 1.165) is 18.5 Å². The van der Waals surface area contributed by atoms with E-state index >= 15 is 0 Å². The minimum Gasteiger partial charge on any atom is -0.398 e. The topological polar surface area (TPSA) is 58.8 Å². The van der Waals surface area contributed by atoms with E-state index in [1.165, 1.54) is 0 Å². The van der Waals surface area contributed by atoms with Crippen LogP contribution in [0.1, 0.15) is 22.3 Å². The van der Waals surface area contributed by atoms with Crippen molar-refractivity contribution in [2.24, 2.45) is 0 Å². The second-order valence-electron chi connectivity index (χ2n) is 5.48. The van der Waals surface area contributed by atoms with Crippen molar-refractivity contribution in [1.82, 2.24) is 9.80 Å². The standard InChI is InChI=1S/C16H27N3O2/c1-13-7-5-8-14(17)15(13)16(20)19(11-12-21-4)10-6-9-18(2)3/h5,7-8H,6,9-12,17H2,1-4H3. The minimum absolute atomic E-state index is 0.0126. The fourth-order valence-corrected chi connectivity index (χ4v) is 2.23. The number of ether oxygens (including phenoxy) is 1. The molecule has 0 radical (unpaired) electrons. The zero-order valence-electron chi connectivity index (χ0n) is 13.6. The van der Waals surface area contributed by atoms with Gasteiger partial charge in [0.15, 0.2) is 0 Å². The highest BCUT2D eigenvalue weighted by Gasteiger charge is 2.19. The first-order valence-electron chi connectivity index (χ1n) is 7.25. The third-order valence-electron chi connectivity index (χ3n) is 3.40. The van der Waals surface area contributed by atoms with Crippen molar-refractivity contribution in [3.63, 3.8) is 0 Å². The molecule has 1 rings (SSSR count). The van der Waals surface area contributed by atoms with Gasteiger partial charge in [-0.2, -0.15) is 0 Å². The number of carbonyl (C=O) groups is 1. The number of nitrogens with zero attached hydrogens (tertiary/aromatic N) is 2. The second-order valence-corrected chi connectivity index (χ2v) is 5.48. The molecular formula is C16H27N3O2. The van der Waals surface area contributed by atoms with Crippen LogP contribution in [-0.2, 0) is 4.74 Å². The van der Waals surface area contributed by atoms with Crippen LogP contribution in [0.15, 0.2) is 18.2 Å². The van der Waals surface area contributed by atoms with E-state index in [2.05, 4.69) is 4.90 Å². The molecule has 0 bridgehead atoms. The summed E-state index contributed by atoms with van der Waals surface area (Å²) in [7, 11) is 5.70. The van der Waals surface area contributed by atoms with Gasteiger partial charge in [-0.3, -0.25) is 4.79 Å². The number of anilines is 1. The minimum atomic E-state index is -0.0126. The van der Waals surface area contributed by atoms with E-state index < -0.39 is 0 Å². The van der Waals surface area contributed by atoms with Gasteiger partial charge in [-0.05, 0) is 45.6 Å². The summed E-state index contributed by atoms with van der Waals surface area (Å²) >= 11 is 0. The van der Waals surface area contributed by atoms with Crippen LogP contribution in [0.4, 0.5) is 5.69 Å². The number of aryl methyl sites for hydroxylation is 1. The van der Waals surface area contributed by atoms with E-state index in [1.807, 2.05) is 38.1 Å². The number of amides is 1. The summed E-state index contributed by atoms with van der Waals surface area (Å²) < 4.78 is 5.11. The lowest BCUT2D eigenvalue weighted by atomic mass is 10.1. The fraction of sp³-hybridized carbons (Fsp3) is 0.562. The van der Waals surface area contributed by atoms with Crippen molar-refractivity contribution >= 4 is 11.6 Å². The van der Waals surface area contributed by atoms with Gasteiger partial charge in [0, 0.05) is 25.9 Å². The van der Waals surface area contributed by atoms with Gasteiger partial charge < -0.3 is 20.3 Å². The second kappa shape index (κ2) is 8.64. The third-order valence-corrected chi connectivity index (χ3v) is 3.40. The molecule has 0 heterocycles. The maximum absolute atomic E-state index is 12.7. The summed E-state index contributed by atoms with van der Waals surface area (Å²) in [4.78, 5) is 16.7. The Hall–Kier alpha value is -1.59. The lowest BCUT2D eigenvalue weighted by molar-refractivity contribution is 0.0689. The Balaban J connectivity index is 2.83.